The van der Waals surface area contributed by atoms with Gasteiger partial charge in [-0.3, -0.25) is 0 Å². The SMILES string of the molecule is CCNC(C)C(C)Cc1cccc(F)c1Cl. The summed E-state index contributed by atoms with van der Waals surface area (Å²) in [5.74, 6) is 0.0988. The van der Waals surface area contributed by atoms with E-state index in [0.29, 0.717) is 12.0 Å². The topological polar surface area (TPSA) is 12.0 Å². The average Bonchev–Trinajstić information content (AvgIpc) is 2.25. The Hall–Kier alpha value is -0.600. The van der Waals surface area contributed by atoms with Gasteiger partial charge in [-0.1, -0.05) is 37.6 Å². The molecule has 1 aromatic carbocycles. The van der Waals surface area contributed by atoms with Crippen molar-refractivity contribution in [3.05, 3.63) is 34.6 Å². The van der Waals surface area contributed by atoms with Crippen molar-refractivity contribution in [2.24, 2.45) is 5.92 Å². The number of hydrogen-bond acceptors (Lipinski definition) is 1. The molecule has 2 atom stereocenters. The van der Waals surface area contributed by atoms with Gasteiger partial charge in [-0.05, 0) is 37.4 Å². The van der Waals surface area contributed by atoms with Crippen molar-refractivity contribution in [3.63, 3.8) is 0 Å². The van der Waals surface area contributed by atoms with E-state index in [1.807, 2.05) is 6.07 Å². The molecule has 0 radical (unpaired) electrons. The minimum absolute atomic E-state index is 0.262. The van der Waals surface area contributed by atoms with E-state index < -0.39 is 0 Å². The van der Waals surface area contributed by atoms with Crippen LogP contribution >= 0.6 is 11.6 Å². The predicted molar refractivity (Wildman–Crippen MR) is 67.4 cm³/mol. The highest BCUT2D eigenvalue weighted by atomic mass is 35.5. The molecule has 0 aliphatic heterocycles. The van der Waals surface area contributed by atoms with Crippen molar-refractivity contribution in [1.82, 2.24) is 5.32 Å². The van der Waals surface area contributed by atoms with Crippen LogP contribution in [-0.2, 0) is 6.42 Å². The van der Waals surface area contributed by atoms with Crippen LogP contribution in [0.3, 0.4) is 0 Å². The molecule has 0 heterocycles. The van der Waals surface area contributed by atoms with Crippen LogP contribution in [0.1, 0.15) is 26.3 Å². The Balaban J connectivity index is 2.69. The van der Waals surface area contributed by atoms with Gasteiger partial charge < -0.3 is 5.32 Å². The fourth-order valence-corrected chi connectivity index (χ4v) is 1.96. The van der Waals surface area contributed by atoms with Crippen molar-refractivity contribution in [2.75, 3.05) is 6.54 Å². The third-order valence-electron chi connectivity index (χ3n) is 2.95. The quantitative estimate of drug-likeness (QED) is 0.832. The Bertz CT molecular complexity index is 341. The molecule has 16 heavy (non-hydrogen) atoms. The molecule has 0 bridgehead atoms. The van der Waals surface area contributed by atoms with Crippen molar-refractivity contribution >= 4 is 11.6 Å². The lowest BCUT2D eigenvalue weighted by Crippen LogP contribution is -2.32. The van der Waals surface area contributed by atoms with Gasteiger partial charge in [0, 0.05) is 6.04 Å². The highest BCUT2D eigenvalue weighted by Gasteiger charge is 2.14. The summed E-state index contributed by atoms with van der Waals surface area (Å²) >= 11 is 5.92. The summed E-state index contributed by atoms with van der Waals surface area (Å²) in [5, 5.41) is 3.62. The summed E-state index contributed by atoms with van der Waals surface area (Å²) in [6.07, 6.45) is 0.796. The molecule has 0 amide bonds. The van der Waals surface area contributed by atoms with Crippen LogP contribution in [0, 0.1) is 11.7 Å². The first kappa shape index (κ1) is 13.5. The Kier molecular flexibility index (Phi) is 5.23. The van der Waals surface area contributed by atoms with Crippen LogP contribution in [0.4, 0.5) is 4.39 Å². The van der Waals surface area contributed by atoms with E-state index in [1.54, 1.807) is 6.07 Å². The number of halogens is 2. The number of nitrogens with one attached hydrogen (secondary N) is 1. The van der Waals surface area contributed by atoms with E-state index in [-0.39, 0.29) is 10.8 Å². The molecule has 90 valence electrons. The van der Waals surface area contributed by atoms with Gasteiger partial charge in [0.15, 0.2) is 0 Å². The zero-order valence-electron chi connectivity index (χ0n) is 10.1. The average molecular weight is 244 g/mol. The minimum atomic E-state index is -0.331. The summed E-state index contributed by atoms with van der Waals surface area (Å²) in [7, 11) is 0. The van der Waals surface area contributed by atoms with Gasteiger partial charge in [0.1, 0.15) is 5.82 Å². The molecule has 0 saturated heterocycles. The Morgan fingerprint density at radius 1 is 1.38 bits per heavy atom. The van der Waals surface area contributed by atoms with Crippen LogP contribution in [0.2, 0.25) is 5.02 Å². The molecule has 1 aromatic rings. The molecule has 0 fully saturated rings. The lowest BCUT2D eigenvalue weighted by Gasteiger charge is -2.21. The minimum Gasteiger partial charge on any atom is -0.314 e. The summed E-state index contributed by atoms with van der Waals surface area (Å²) in [6.45, 7) is 7.32. The maximum Gasteiger partial charge on any atom is 0.142 e. The predicted octanol–water partition coefficient (Wildman–Crippen LogP) is 3.66. The Morgan fingerprint density at radius 3 is 2.69 bits per heavy atom. The zero-order valence-corrected chi connectivity index (χ0v) is 10.8. The molecule has 0 aliphatic carbocycles. The van der Waals surface area contributed by atoms with E-state index in [9.17, 15) is 4.39 Å². The van der Waals surface area contributed by atoms with Gasteiger partial charge in [0.05, 0.1) is 5.02 Å². The third kappa shape index (κ3) is 3.46. The van der Waals surface area contributed by atoms with E-state index in [4.69, 9.17) is 11.6 Å². The molecular formula is C13H19ClFN. The standard InChI is InChI=1S/C13H19ClFN/c1-4-16-10(3)9(2)8-11-6-5-7-12(15)13(11)14/h5-7,9-10,16H,4,8H2,1-3H3. The van der Waals surface area contributed by atoms with Crippen molar-refractivity contribution in [3.8, 4) is 0 Å². The lowest BCUT2D eigenvalue weighted by molar-refractivity contribution is 0.406. The summed E-state index contributed by atoms with van der Waals surface area (Å²) < 4.78 is 13.2. The third-order valence-corrected chi connectivity index (χ3v) is 3.38. The molecule has 0 saturated carbocycles. The summed E-state index contributed by atoms with van der Waals surface area (Å²) in [5.41, 5.74) is 0.888. The van der Waals surface area contributed by atoms with Gasteiger partial charge in [-0.2, -0.15) is 0 Å². The molecule has 1 rings (SSSR count). The van der Waals surface area contributed by atoms with Crippen LogP contribution in [0.25, 0.3) is 0 Å². The fourth-order valence-electron chi connectivity index (χ4n) is 1.75. The molecular weight excluding hydrogens is 225 g/mol. The second-order valence-corrected chi connectivity index (χ2v) is 4.62. The van der Waals surface area contributed by atoms with E-state index in [0.717, 1.165) is 18.5 Å². The Labute approximate surface area is 102 Å². The van der Waals surface area contributed by atoms with Gasteiger partial charge in [-0.25, -0.2) is 4.39 Å². The number of benzene rings is 1. The number of rotatable bonds is 5. The van der Waals surface area contributed by atoms with Crippen molar-refractivity contribution in [1.29, 1.82) is 0 Å². The molecule has 0 aromatic heterocycles. The highest BCUT2D eigenvalue weighted by Crippen LogP contribution is 2.23. The van der Waals surface area contributed by atoms with Crippen LogP contribution in [-0.4, -0.2) is 12.6 Å². The molecule has 1 nitrogen and oxygen atoms in total. The smallest absolute Gasteiger partial charge is 0.142 e. The molecule has 2 unspecified atom stereocenters. The molecule has 1 N–H and O–H groups in total. The fraction of sp³-hybridized carbons (Fsp3) is 0.538. The van der Waals surface area contributed by atoms with Gasteiger partial charge >= 0.3 is 0 Å². The monoisotopic (exact) mass is 243 g/mol. The largest absolute Gasteiger partial charge is 0.314 e. The highest BCUT2D eigenvalue weighted by molar-refractivity contribution is 6.31. The van der Waals surface area contributed by atoms with E-state index in [1.165, 1.54) is 6.07 Å². The first-order valence-electron chi connectivity index (χ1n) is 5.72. The van der Waals surface area contributed by atoms with Crippen LogP contribution in [0.15, 0.2) is 18.2 Å². The summed E-state index contributed by atoms with van der Waals surface area (Å²) in [4.78, 5) is 0. The molecule has 0 spiro atoms. The second-order valence-electron chi connectivity index (χ2n) is 4.24. The van der Waals surface area contributed by atoms with Crippen LogP contribution < -0.4 is 5.32 Å². The van der Waals surface area contributed by atoms with Crippen molar-refractivity contribution in [2.45, 2.75) is 33.2 Å². The first-order valence-corrected chi connectivity index (χ1v) is 6.10. The second kappa shape index (κ2) is 6.21. The maximum absolute atomic E-state index is 13.2. The summed E-state index contributed by atoms with van der Waals surface area (Å²) in [6, 6.07) is 5.40. The number of hydrogen-bond donors (Lipinski definition) is 1. The van der Waals surface area contributed by atoms with E-state index in [2.05, 4.69) is 26.1 Å². The Morgan fingerprint density at radius 2 is 2.06 bits per heavy atom. The van der Waals surface area contributed by atoms with Gasteiger partial charge in [0.2, 0.25) is 0 Å². The van der Waals surface area contributed by atoms with E-state index >= 15 is 0 Å². The molecule has 0 aliphatic rings. The molecule has 3 heteroatoms. The first-order chi connectivity index (χ1) is 7.56. The normalized spacial score (nSPS) is 14.8. The zero-order chi connectivity index (χ0) is 12.1. The van der Waals surface area contributed by atoms with Crippen LogP contribution in [0.5, 0.6) is 0 Å². The maximum atomic E-state index is 13.2. The van der Waals surface area contributed by atoms with Gasteiger partial charge in [-0.15, -0.1) is 0 Å². The van der Waals surface area contributed by atoms with Crippen molar-refractivity contribution < 1.29 is 4.39 Å². The van der Waals surface area contributed by atoms with Gasteiger partial charge in [0.25, 0.3) is 0 Å². The lowest BCUT2D eigenvalue weighted by atomic mass is 9.95.